The monoisotopic (exact) mass is 333 g/mol. The quantitative estimate of drug-likeness (QED) is 0.645. The van der Waals surface area contributed by atoms with Crippen molar-refractivity contribution in [3.05, 3.63) is 64.1 Å². The van der Waals surface area contributed by atoms with Gasteiger partial charge < -0.3 is 10.4 Å². The number of aromatic amines is 1. The van der Waals surface area contributed by atoms with Crippen LogP contribution in [0.15, 0.2) is 48.0 Å². The summed E-state index contributed by atoms with van der Waals surface area (Å²) in [6.45, 7) is 1.12. The van der Waals surface area contributed by atoms with Crippen molar-refractivity contribution < 1.29 is 5.11 Å². The van der Waals surface area contributed by atoms with Crippen LogP contribution in [-0.2, 0) is 6.54 Å². The molecular weight excluding hydrogens is 318 g/mol. The Morgan fingerprint density at radius 2 is 2.09 bits per heavy atom. The van der Waals surface area contributed by atoms with E-state index in [0.29, 0.717) is 18.1 Å². The largest absolute Gasteiger partial charge is 0.387 e. The van der Waals surface area contributed by atoms with Gasteiger partial charge in [-0.3, -0.25) is 5.10 Å². The predicted molar refractivity (Wildman–Crippen MR) is 90.0 cm³/mol. The minimum Gasteiger partial charge on any atom is -0.387 e. The molecule has 0 saturated heterocycles. The van der Waals surface area contributed by atoms with Crippen LogP contribution in [0.1, 0.15) is 17.2 Å². The molecule has 22 heavy (non-hydrogen) atoms. The van der Waals surface area contributed by atoms with E-state index in [-0.39, 0.29) is 0 Å². The van der Waals surface area contributed by atoms with Crippen molar-refractivity contribution in [2.24, 2.45) is 0 Å². The number of halogens is 1. The maximum Gasteiger partial charge on any atom is 0.0914 e. The number of rotatable bonds is 6. The van der Waals surface area contributed by atoms with Crippen LogP contribution in [0.2, 0.25) is 5.02 Å². The number of nitrogens with zero attached hydrogens (tertiary/aromatic N) is 1. The summed E-state index contributed by atoms with van der Waals surface area (Å²) in [7, 11) is 0. The van der Waals surface area contributed by atoms with Crippen LogP contribution in [0.3, 0.4) is 0 Å². The van der Waals surface area contributed by atoms with Crippen LogP contribution in [0.25, 0.3) is 10.6 Å². The highest BCUT2D eigenvalue weighted by atomic mass is 35.5. The molecule has 3 N–H and O–H groups in total. The summed E-state index contributed by atoms with van der Waals surface area (Å²) in [5, 5.41) is 23.3. The van der Waals surface area contributed by atoms with Gasteiger partial charge in [0.15, 0.2) is 0 Å². The summed E-state index contributed by atoms with van der Waals surface area (Å²) in [6.07, 6.45) is 1.26. The van der Waals surface area contributed by atoms with Crippen LogP contribution in [0.4, 0.5) is 0 Å². The standard InChI is InChI=1S/C16H16ClN3OS/c17-13-5-3-11(4-6-13)14(21)10-18-8-12-9-19-20-16(12)15-2-1-7-22-15/h1-7,9,14,18,21H,8,10H2,(H,19,20)/t14-/m0/s1. The van der Waals surface area contributed by atoms with E-state index in [1.54, 1.807) is 23.5 Å². The van der Waals surface area contributed by atoms with Crippen LogP contribution < -0.4 is 5.32 Å². The number of aliphatic hydroxyl groups excluding tert-OH is 1. The summed E-state index contributed by atoms with van der Waals surface area (Å²) in [5.74, 6) is 0. The van der Waals surface area contributed by atoms with Gasteiger partial charge in [0.05, 0.1) is 22.9 Å². The molecule has 0 spiro atoms. The molecule has 0 aliphatic rings. The lowest BCUT2D eigenvalue weighted by Gasteiger charge is -2.12. The van der Waals surface area contributed by atoms with E-state index in [0.717, 1.165) is 21.7 Å². The van der Waals surface area contributed by atoms with E-state index in [4.69, 9.17) is 11.6 Å². The minimum absolute atomic E-state index is 0.469. The third-order valence-electron chi connectivity index (χ3n) is 3.39. The lowest BCUT2D eigenvalue weighted by molar-refractivity contribution is 0.174. The lowest BCUT2D eigenvalue weighted by atomic mass is 10.1. The fraction of sp³-hybridized carbons (Fsp3) is 0.188. The number of hydrogen-bond donors (Lipinski definition) is 3. The molecule has 0 saturated carbocycles. The first kappa shape index (κ1) is 15.2. The molecule has 3 aromatic rings. The van der Waals surface area contributed by atoms with Crippen molar-refractivity contribution in [1.82, 2.24) is 15.5 Å². The van der Waals surface area contributed by atoms with Crippen molar-refractivity contribution in [2.45, 2.75) is 12.6 Å². The summed E-state index contributed by atoms with van der Waals surface area (Å²) in [4.78, 5) is 1.16. The zero-order chi connectivity index (χ0) is 15.4. The molecule has 114 valence electrons. The molecule has 0 aliphatic heterocycles. The van der Waals surface area contributed by atoms with E-state index >= 15 is 0 Å². The van der Waals surface area contributed by atoms with E-state index in [1.165, 1.54) is 0 Å². The molecule has 0 fully saturated rings. The topological polar surface area (TPSA) is 60.9 Å². The highest BCUT2D eigenvalue weighted by Crippen LogP contribution is 2.25. The van der Waals surface area contributed by atoms with Gasteiger partial charge in [0.25, 0.3) is 0 Å². The first-order valence-corrected chi connectivity index (χ1v) is 8.20. The number of thiophene rings is 1. The molecule has 1 atom stereocenters. The zero-order valence-corrected chi connectivity index (χ0v) is 13.4. The molecule has 0 radical (unpaired) electrons. The fourth-order valence-corrected chi connectivity index (χ4v) is 3.11. The van der Waals surface area contributed by atoms with Crippen molar-refractivity contribution in [1.29, 1.82) is 0 Å². The van der Waals surface area contributed by atoms with E-state index in [9.17, 15) is 5.11 Å². The van der Waals surface area contributed by atoms with Crippen LogP contribution in [0.5, 0.6) is 0 Å². The Bertz CT molecular complexity index is 709. The second-order valence-electron chi connectivity index (χ2n) is 4.95. The van der Waals surface area contributed by atoms with Gasteiger partial charge in [-0.2, -0.15) is 5.10 Å². The first-order valence-electron chi connectivity index (χ1n) is 6.94. The molecule has 1 aromatic carbocycles. The molecule has 2 aromatic heterocycles. The van der Waals surface area contributed by atoms with Gasteiger partial charge in [-0.1, -0.05) is 29.8 Å². The Balaban J connectivity index is 1.57. The van der Waals surface area contributed by atoms with Crippen LogP contribution in [-0.4, -0.2) is 21.8 Å². The van der Waals surface area contributed by atoms with Gasteiger partial charge in [0.2, 0.25) is 0 Å². The second-order valence-corrected chi connectivity index (χ2v) is 6.33. The molecule has 0 unspecified atom stereocenters. The summed E-state index contributed by atoms with van der Waals surface area (Å²) >= 11 is 7.52. The molecular formula is C16H16ClN3OS. The molecule has 0 bridgehead atoms. The smallest absolute Gasteiger partial charge is 0.0914 e. The highest BCUT2D eigenvalue weighted by molar-refractivity contribution is 7.13. The van der Waals surface area contributed by atoms with Gasteiger partial charge in [-0.15, -0.1) is 11.3 Å². The number of nitrogens with one attached hydrogen (secondary N) is 2. The molecule has 0 aliphatic carbocycles. The van der Waals surface area contributed by atoms with Crippen molar-refractivity contribution in [3.8, 4) is 10.6 Å². The van der Waals surface area contributed by atoms with E-state index in [1.807, 2.05) is 29.8 Å². The van der Waals surface area contributed by atoms with Gasteiger partial charge in [-0.25, -0.2) is 0 Å². The first-order chi connectivity index (χ1) is 10.7. The van der Waals surface area contributed by atoms with Gasteiger partial charge >= 0.3 is 0 Å². The Labute approximate surface area is 137 Å². The number of hydrogen-bond acceptors (Lipinski definition) is 4. The third-order valence-corrected chi connectivity index (χ3v) is 4.53. The normalized spacial score (nSPS) is 12.5. The zero-order valence-electron chi connectivity index (χ0n) is 11.8. The molecule has 2 heterocycles. The van der Waals surface area contributed by atoms with Gasteiger partial charge in [-0.05, 0) is 29.1 Å². The summed E-state index contributed by atoms with van der Waals surface area (Å²) in [5.41, 5.74) is 2.97. The minimum atomic E-state index is -0.561. The maximum atomic E-state index is 10.2. The molecule has 0 amide bonds. The highest BCUT2D eigenvalue weighted by Gasteiger charge is 2.10. The van der Waals surface area contributed by atoms with Crippen molar-refractivity contribution in [3.63, 3.8) is 0 Å². The molecule has 4 nitrogen and oxygen atoms in total. The van der Waals surface area contributed by atoms with Crippen molar-refractivity contribution >= 4 is 22.9 Å². The average molecular weight is 334 g/mol. The fourth-order valence-electron chi connectivity index (χ4n) is 2.23. The molecule has 3 rings (SSSR count). The Kier molecular flexibility index (Phi) is 4.90. The molecule has 6 heteroatoms. The Morgan fingerprint density at radius 1 is 1.27 bits per heavy atom. The van der Waals surface area contributed by atoms with Gasteiger partial charge in [0, 0.05) is 23.7 Å². The lowest BCUT2D eigenvalue weighted by Crippen LogP contribution is -2.21. The van der Waals surface area contributed by atoms with E-state index in [2.05, 4.69) is 21.6 Å². The van der Waals surface area contributed by atoms with Gasteiger partial charge in [0.1, 0.15) is 0 Å². The summed E-state index contributed by atoms with van der Waals surface area (Å²) < 4.78 is 0. The number of H-pyrrole nitrogens is 1. The number of aromatic nitrogens is 2. The SMILES string of the molecule is O[C@@H](CNCc1cn[nH]c1-c1cccs1)c1ccc(Cl)cc1. The Hall–Kier alpha value is -1.66. The van der Waals surface area contributed by atoms with Crippen LogP contribution in [0, 0.1) is 0 Å². The van der Waals surface area contributed by atoms with Crippen molar-refractivity contribution in [2.75, 3.05) is 6.54 Å². The maximum absolute atomic E-state index is 10.2. The average Bonchev–Trinajstić information content (AvgIpc) is 3.18. The summed E-state index contributed by atoms with van der Waals surface area (Å²) in [6, 6.07) is 11.3. The third kappa shape index (κ3) is 3.56. The van der Waals surface area contributed by atoms with E-state index < -0.39 is 6.10 Å². The van der Waals surface area contributed by atoms with Crippen LogP contribution >= 0.6 is 22.9 Å². The number of aliphatic hydroxyl groups is 1. The second kappa shape index (κ2) is 7.07. The Morgan fingerprint density at radius 3 is 2.82 bits per heavy atom. The number of benzene rings is 1. The predicted octanol–water partition coefficient (Wildman–Crippen LogP) is 3.61.